The molecule has 8 heteroatoms. The number of aliphatic hydroxyl groups is 1. The van der Waals surface area contributed by atoms with E-state index in [2.05, 4.69) is 31.6 Å². The second-order valence-electron chi connectivity index (χ2n) is 6.28. The molecular formula is C20H19N7O. The lowest BCUT2D eigenvalue weighted by Gasteiger charge is -2.10. The Labute approximate surface area is 161 Å². The second kappa shape index (κ2) is 7.93. The zero-order valence-corrected chi connectivity index (χ0v) is 15.1. The molecule has 0 aliphatic carbocycles. The van der Waals surface area contributed by atoms with Crippen molar-refractivity contribution >= 4 is 22.4 Å². The molecule has 0 unspecified atom stereocenters. The molecule has 4 aromatic rings. The molecular weight excluding hydrogens is 354 g/mol. The number of nitrogens with zero attached hydrogens (tertiary/aromatic N) is 5. The summed E-state index contributed by atoms with van der Waals surface area (Å²) in [6.07, 6.45) is 5.31. The first-order valence-corrected chi connectivity index (χ1v) is 8.86. The van der Waals surface area contributed by atoms with E-state index in [4.69, 9.17) is 10.6 Å². The van der Waals surface area contributed by atoms with Crippen molar-refractivity contribution in [2.45, 2.75) is 13.1 Å². The number of hydrogen-bond donors (Lipinski definition) is 3. The summed E-state index contributed by atoms with van der Waals surface area (Å²) in [5.41, 5.74) is 11.5. The third kappa shape index (κ3) is 3.72. The molecule has 0 aliphatic rings. The Morgan fingerprint density at radius 3 is 2.96 bits per heavy atom. The summed E-state index contributed by atoms with van der Waals surface area (Å²) in [6.45, 7) is 1.01. The quantitative estimate of drug-likeness (QED) is 0.427. The maximum atomic E-state index is 9.03. The minimum absolute atomic E-state index is 0.0271. The smallest absolute Gasteiger partial charge is 0.154 e. The lowest BCUT2D eigenvalue weighted by molar-refractivity contribution is 0.269. The van der Waals surface area contributed by atoms with Crippen LogP contribution in [0.25, 0.3) is 22.2 Å². The van der Waals surface area contributed by atoms with E-state index in [1.807, 2.05) is 30.5 Å². The van der Waals surface area contributed by atoms with Crippen LogP contribution in [0.2, 0.25) is 0 Å². The zero-order valence-electron chi connectivity index (χ0n) is 15.1. The Kier molecular flexibility index (Phi) is 5.03. The number of aromatic nitrogens is 4. The summed E-state index contributed by atoms with van der Waals surface area (Å²) in [5.74, 6) is 0.536. The number of anilines is 1. The van der Waals surface area contributed by atoms with Crippen LogP contribution >= 0.6 is 0 Å². The Bertz CT molecular complexity index is 1120. The van der Waals surface area contributed by atoms with Crippen molar-refractivity contribution in [1.29, 1.82) is 5.53 Å². The van der Waals surface area contributed by atoms with E-state index in [-0.39, 0.29) is 6.61 Å². The topological polar surface area (TPSA) is 112 Å². The second-order valence-corrected chi connectivity index (χ2v) is 6.28. The monoisotopic (exact) mass is 373 g/mol. The molecule has 0 aliphatic heterocycles. The molecule has 0 radical (unpaired) electrons. The van der Waals surface area contributed by atoms with Gasteiger partial charge in [0.15, 0.2) is 5.82 Å². The van der Waals surface area contributed by atoms with E-state index in [1.165, 1.54) is 0 Å². The van der Waals surface area contributed by atoms with E-state index in [1.54, 1.807) is 29.2 Å². The molecule has 0 atom stereocenters. The van der Waals surface area contributed by atoms with Gasteiger partial charge < -0.3 is 10.4 Å². The molecule has 0 fully saturated rings. The molecule has 0 spiro atoms. The molecule has 0 amide bonds. The van der Waals surface area contributed by atoms with Crippen molar-refractivity contribution in [2.75, 3.05) is 11.9 Å². The van der Waals surface area contributed by atoms with Gasteiger partial charge in [-0.1, -0.05) is 12.1 Å². The SMILES string of the molecule is N=Nc1ccc(-c2cnn(CCO)c2)nc1NCc1ccc2ncccc2c1. The number of aliphatic hydroxyl groups excluding tert-OH is 1. The Morgan fingerprint density at radius 2 is 2.11 bits per heavy atom. The van der Waals surface area contributed by atoms with Crippen molar-refractivity contribution in [2.24, 2.45) is 5.11 Å². The highest BCUT2D eigenvalue weighted by molar-refractivity contribution is 5.79. The van der Waals surface area contributed by atoms with Crippen LogP contribution in [0.5, 0.6) is 0 Å². The fourth-order valence-electron chi connectivity index (χ4n) is 2.97. The molecule has 3 aromatic heterocycles. The van der Waals surface area contributed by atoms with Gasteiger partial charge in [-0.25, -0.2) is 10.5 Å². The largest absolute Gasteiger partial charge is 0.394 e. The minimum atomic E-state index is 0.0271. The molecule has 28 heavy (non-hydrogen) atoms. The summed E-state index contributed by atoms with van der Waals surface area (Å²) in [7, 11) is 0. The fraction of sp³-hybridized carbons (Fsp3) is 0.150. The Hall–Kier alpha value is -3.65. The Balaban J connectivity index is 1.57. The van der Waals surface area contributed by atoms with Gasteiger partial charge in [0.05, 0.1) is 30.6 Å². The highest BCUT2D eigenvalue weighted by atomic mass is 16.3. The number of fused-ring (bicyclic) bond motifs is 1. The fourth-order valence-corrected chi connectivity index (χ4v) is 2.97. The minimum Gasteiger partial charge on any atom is -0.394 e. The standard InChI is InChI=1S/C20H19N7O/c21-26-19-6-5-18(16-12-24-27(13-16)8-9-28)25-20(19)23-11-14-3-4-17-15(10-14)2-1-7-22-17/h1-7,10,12-13,21,28H,8-9,11H2,(H,23,25). The summed E-state index contributed by atoms with van der Waals surface area (Å²) in [6, 6.07) is 13.6. The van der Waals surface area contributed by atoms with Crippen LogP contribution in [0.15, 0.2) is 66.2 Å². The van der Waals surface area contributed by atoms with Gasteiger partial charge in [0.1, 0.15) is 5.69 Å². The van der Waals surface area contributed by atoms with Gasteiger partial charge in [-0.2, -0.15) is 10.2 Å². The van der Waals surface area contributed by atoms with Gasteiger partial charge >= 0.3 is 0 Å². The molecule has 3 N–H and O–H groups in total. The molecule has 0 saturated heterocycles. The van der Waals surface area contributed by atoms with E-state index >= 15 is 0 Å². The summed E-state index contributed by atoms with van der Waals surface area (Å²) >= 11 is 0. The van der Waals surface area contributed by atoms with Crippen molar-refractivity contribution in [3.63, 3.8) is 0 Å². The molecule has 0 bridgehead atoms. The maximum absolute atomic E-state index is 9.03. The lowest BCUT2D eigenvalue weighted by Crippen LogP contribution is -2.02. The number of hydrogen-bond acceptors (Lipinski definition) is 7. The first-order chi connectivity index (χ1) is 13.8. The average Bonchev–Trinajstić information content (AvgIpc) is 3.21. The van der Waals surface area contributed by atoms with Crippen LogP contribution in [0.4, 0.5) is 11.5 Å². The third-order valence-corrected chi connectivity index (χ3v) is 4.38. The molecule has 140 valence electrons. The molecule has 0 saturated carbocycles. The molecule has 3 heterocycles. The van der Waals surface area contributed by atoms with Gasteiger partial charge in [-0.3, -0.25) is 9.67 Å². The molecule has 1 aromatic carbocycles. The highest BCUT2D eigenvalue weighted by Gasteiger charge is 2.09. The van der Waals surface area contributed by atoms with Crippen LogP contribution in [-0.2, 0) is 13.1 Å². The first kappa shape index (κ1) is 17.7. The van der Waals surface area contributed by atoms with Gasteiger partial charge in [-0.05, 0) is 35.9 Å². The van der Waals surface area contributed by atoms with Gasteiger partial charge in [0, 0.05) is 29.9 Å². The zero-order chi connectivity index (χ0) is 19.3. The lowest BCUT2D eigenvalue weighted by atomic mass is 10.1. The third-order valence-electron chi connectivity index (χ3n) is 4.38. The van der Waals surface area contributed by atoms with E-state index in [9.17, 15) is 0 Å². The first-order valence-electron chi connectivity index (χ1n) is 8.86. The van der Waals surface area contributed by atoms with Crippen molar-refractivity contribution in [3.05, 3.63) is 66.6 Å². The van der Waals surface area contributed by atoms with Crippen LogP contribution < -0.4 is 5.32 Å². The number of pyridine rings is 2. The number of rotatable bonds is 7. The van der Waals surface area contributed by atoms with Crippen LogP contribution in [0.1, 0.15) is 5.56 Å². The van der Waals surface area contributed by atoms with Crippen LogP contribution in [0, 0.1) is 5.53 Å². The number of benzene rings is 1. The maximum Gasteiger partial charge on any atom is 0.154 e. The number of nitrogens with one attached hydrogen (secondary N) is 2. The van der Waals surface area contributed by atoms with Crippen LogP contribution in [-0.4, -0.2) is 31.5 Å². The average molecular weight is 373 g/mol. The predicted molar refractivity (Wildman–Crippen MR) is 106 cm³/mol. The molecule has 8 nitrogen and oxygen atoms in total. The van der Waals surface area contributed by atoms with Gasteiger partial charge in [-0.15, -0.1) is 0 Å². The van der Waals surface area contributed by atoms with E-state index in [0.29, 0.717) is 24.6 Å². The Morgan fingerprint density at radius 1 is 1.18 bits per heavy atom. The molecule has 4 rings (SSSR count). The highest BCUT2D eigenvalue weighted by Crippen LogP contribution is 2.27. The normalized spacial score (nSPS) is 10.9. The van der Waals surface area contributed by atoms with E-state index < -0.39 is 0 Å². The van der Waals surface area contributed by atoms with Gasteiger partial charge in [0.25, 0.3) is 0 Å². The summed E-state index contributed by atoms with van der Waals surface area (Å²) in [4.78, 5) is 8.94. The van der Waals surface area contributed by atoms with Crippen molar-refractivity contribution < 1.29 is 5.11 Å². The summed E-state index contributed by atoms with van der Waals surface area (Å²) in [5, 5.41) is 21.2. The van der Waals surface area contributed by atoms with Gasteiger partial charge in [0.2, 0.25) is 0 Å². The summed E-state index contributed by atoms with van der Waals surface area (Å²) < 4.78 is 1.66. The van der Waals surface area contributed by atoms with Crippen molar-refractivity contribution in [3.8, 4) is 11.3 Å². The van der Waals surface area contributed by atoms with E-state index in [0.717, 1.165) is 27.7 Å². The van der Waals surface area contributed by atoms with Crippen LogP contribution in [0.3, 0.4) is 0 Å². The van der Waals surface area contributed by atoms with Crippen molar-refractivity contribution in [1.82, 2.24) is 19.7 Å². The predicted octanol–water partition coefficient (Wildman–Crippen LogP) is 3.76.